The van der Waals surface area contributed by atoms with Crippen molar-refractivity contribution in [3.8, 4) is 11.5 Å². The highest BCUT2D eigenvalue weighted by Gasteiger charge is 2.17. The van der Waals surface area contributed by atoms with Crippen LogP contribution in [0.4, 0.5) is 0 Å². The van der Waals surface area contributed by atoms with E-state index in [2.05, 4.69) is 0 Å². The van der Waals surface area contributed by atoms with Gasteiger partial charge in [-0.25, -0.2) is 0 Å². The zero-order valence-electron chi connectivity index (χ0n) is 10.3. The molecule has 0 saturated carbocycles. The fraction of sp³-hybridized carbons (Fsp3) is 0.636. The molecule has 0 aromatic carbocycles. The van der Waals surface area contributed by atoms with E-state index in [0.717, 1.165) is 0 Å². The standard InChI is InChI=1S/C11H18O5/c1-7-11(16-9(3)13-5)10(6-14-7)15-8(2)12-4/h6,8-9H,1-5H3. The average Bonchev–Trinajstić information content (AvgIpc) is 2.61. The molecule has 0 aliphatic rings. The lowest BCUT2D eigenvalue weighted by Crippen LogP contribution is -2.17. The topological polar surface area (TPSA) is 50.1 Å². The van der Waals surface area contributed by atoms with Crippen LogP contribution in [0.2, 0.25) is 0 Å². The molecule has 2 atom stereocenters. The van der Waals surface area contributed by atoms with Crippen LogP contribution >= 0.6 is 0 Å². The summed E-state index contributed by atoms with van der Waals surface area (Å²) in [5.74, 6) is 1.69. The van der Waals surface area contributed by atoms with E-state index in [1.165, 1.54) is 6.26 Å². The summed E-state index contributed by atoms with van der Waals surface area (Å²) in [7, 11) is 3.13. The molecule has 5 nitrogen and oxygen atoms in total. The predicted molar refractivity (Wildman–Crippen MR) is 57.6 cm³/mol. The van der Waals surface area contributed by atoms with E-state index in [4.69, 9.17) is 23.4 Å². The van der Waals surface area contributed by atoms with E-state index in [-0.39, 0.29) is 12.6 Å². The Morgan fingerprint density at radius 1 is 1.06 bits per heavy atom. The van der Waals surface area contributed by atoms with Crippen LogP contribution in [0.25, 0.3) is 0 Å². The maximum atomic E-state index is 5.51. The molecule has 0 saturated heterocycles. The minimum atomic E-state index is -0.364. The van der Waals surface area contributed by atoms with Gasteiger partial charge in [0.05, 0.1) is 0 Å². The van der Waals surface area contributed by atoms with Crippen LogP contribution in [0.3, 0.4) is 0 Å². The van der Waals surface area contributed by atoms with Gasteiger partial charge in [0.2, 0.25) is 11.5 Å². The van der Waals surface area contributed by atoms with E-state index in [1.54, 1.807) is 35.0 Å². The summed E-state index contributed by atoms with van der Waals surface area (Å²) in [5, 5.41) is 0. The Bertz CT molecular complexity index is 320. The molecule has 0 N–H and O–H groups in total. The van der Waals surface area contributed by atoms with Crippen LogP contribution in [0.15, 0.2) is 10.7 Å². The molecule has 0 fully saturated rings. The first-order valence-corrected chi connectivity index (χ1v) is 5.05. The Balaban J connectivity index is 2.77. The van der Waals surface area contributed by atoms with Crippen LogP contribution in [-0.4, -0.2) is 26.8 Å². The lowest BCUT2D eigenvalue weighted by atomic mass is 10.4. The molecule has 1 heterocycles. The molecular weight excluding hydrogens is 212 g/mol. The van der Waals surface area contributed by atoms with Gasteiger partial charge in [-0.3, -0.25) is 0 Å². The molecule has 5 heteroatoms. The number of hydrogen-bond donors (Lipinski definition) is 0. The molecule has 16 heavy (non-hydrogen) atoms. The van der Waals surface area contributed by atoms with Crippen LogP contribution < -0.4 is 9.47 Å². The first kappa shape index (κ1) is 12.9. The third kappa shape index (κ3) is 3.15. The van der Waals surface area contributed by atoms with Gasteiger partial charge in [0.1, 0.15) is 12.0 Å². The smallest absolute Gasteiger partial charge is 0.205 e. The average molecular weight is 230 g/mol. The van der Waals surface area contributed by atoms with Gasteiger partial charge in [-0.1, -0.05) is 0 Å². The molecule has 2 unspecified atom stereocenters. The summed E-state index contributed by atoms with van der Waals surface area (Å²) in [4.78, 5) is 0. The summed E-state index contributed by atoms with van der Waals surface area (Å²) in [6.07, 6.45) is 0.761. The quantitative estimate of drug-likeness (QED) is 0.702. The minimum absolute atomic E-state index is 0.364. The molecule has 1 rings (SSSR count). The van der Waals surface area contributed by atoms with Crippen molar-refractivity contribution in [2.45, 2.75) is 33.4 Å². The maximum absolute atomic E-state index is 5.51. The van der Waals surface area contributed by atoms with Gasteiger partial charge in [0.15, 0.2) is 12.6 Å². The second-order valence-electron chi connectivity index (χ2n) is 3.33. The Kier molecular flexibility index (Phi) is 4.64. The summed E-state index contributed by atoms with van der Waals surface area (Å²) >= 11 is 0. The SMILES string of the molecule is COC(C)Oc1coc(C)c1OC(C)OC. The summed E-state index contributed by atoms with van der Waals surface area (Å²) in [6, 6.07) is 0. The van der Waals surface area contributed by atoms with Gasteiger partial charge in [0.25, 0.3) is 0 Å². The fourth-order valence-electron chi connectivity index (χ4n) is 1.09. The fourth-order valence-corrected chi connectivity index (χ4v) is 1.09. The van der Waals surface area contributed by atoms with E-state index in [9.17, 15) is 0 Å². The number of methoxy groups -OCH3 is 2. The van der Waals surface area contributed by atoms with Crippen LogP contribution in [-0.2, 0) is 9.47 Å². The molecule has 0 aliphatic carbocycles. The van der Waals surface area contributed by atoms with Crippen molar-refractivity contribution in [3.63, 3.8) is 0 Å². The van der Waals surface area contributed by atoms with Gasteiger partial charge < -0.3 is 23.4 Å². The lowest BCUT2D eigenvalue weighted by molar-refractivity contribution is -0.0550. The molecule has 0 radical (unpaired) electrons. The monoisotopic (exact) mass is 230 g/mol. The Labute approximate surface area is 95.2 Å². The van der Waals surface area contributed by atoms with Crippen LogP contribution in [0.5, 0.6) is 11.5 Å². The number of hydrogen-bond acceptors (Lipinski definition) is 5. The van der Waals surface area contributed by atoms with E-state index in [0.29, 0.717) is 17.3 Å². The van der Waals surface area contributed by atoms with Crippen LogP contribution in [0, 0.1) is 6.92 Å². The first-order chi connectivity index (χ1) is 7.58. The number of aryl methyl sites for hydroxylation is 1. The minimum Gasteiger partial charge on any atom is -0.462 e. The number of rotatable bonds is 6. The van der Waals surface area contributed by atoms with Crippen molar-refractivity contribution >= 4 is 0 Å². The maximum Gasteiger partial charge on any atom is 0.205 e. The van der Waals surface area contributed by atoms with Crippen LogP contribution in [0.1, 0.15) is 19.6 Å². The third-order valence-corrected chi connectivity index (χ3v) is 2.13. The number of furan rings is 1. The van der Waals surface area contributed by atoms with Crippen molar-refractivity contribution in [1.82, 2.24) is 0 Å². The predicted octanol–water partition coefficient (Wildman–Crippen LogP) is 2.33. The molecule has 92 valence electrons. The zero-order chi connectivity index (χ0) is 12.1. The molecule has 0 bridgehead atoms. The molecule has 1 aromatic heterocycles. The normalized spacial score (nSPS) is 14.6. The highest BCUT2D eigenvalue weighted by molar-refractivity contribution is 5.40. The Morgan fingerprint density at radius 3 is 2.19 bits per heavy atom. The van der Waals surface area contributed by atoms with Gasteiger partial charge in [0, 0.05) is 14.2 Å². The van der Waals surface area contributed by atoms with E-state index >= 15 is 0 Å². The van der Waals surface area contributed by atoms with Crippen molar-refractivity contribution in [1.29, 1.82) is 0 Å². The van der Waals surface area contributed by atoms with E-state index < -0.39 is 0 Å². The summed E-state index contributed by atoms with van der Waals surface area (Å²) < 4.78 is 26.2. The van der Waals surface area contributed by atoms with Crippen molar-refractivity contribution in [2.24, 2.45) is 0 Å². The van der Waals surface area contributed by atoms with Gasteiger partial charge in [-0.15, -0.1) is 0 Å². The molecule has 0 amide bonds. The second kappa shape index (κ2) is 5.77. The lowest BCUT2D eigenvalue weighted by Gasteiger charge is -2.15. The third-order valence-electron chi connectivity index (χ3n) is 2.13. The van der Waals surface area contributed by atoms with Crippen molar-refractivity contribution in [3.05, 3.63) is 12.0 Å². The number of ether oxygens (including phenoxy) is 4. The van der Waals surface area contributed by atoms with Gasteiger partial charge in [-0.2, -0.15) is 0 Å². The van der Waals surface area contributed by atoms with Crippen molar-refractivity contribution in [2.75, 3.05) is 14.2 Å². The van der Waals surface area contributed by atoms with Gasteiger partial charge in [-0.05, 0) is 20.8 Å². The molecule has 0 spiro atoms. The first-order valence-electron chi connectivity index (χ1n) is 5.05. The Morgan fingerprint density at radius 2 is 1.62 bits per heavy atom. The van der Waals surface area contributed by atoms with Crippen molar-refractivity contribution < 1.29 is 23.4 Å². The largest absolute Gasteiger partial charge is 0.462 e. The summed E-state index contributed by atoms with van der Waals surface area (Å²) in [5.41, 5.74) is 0. The summed E-state index contributed by atoms with van der Waals surface area (Å²) in [6.45, 7) is 5.36. The Hall–Kier alpha value is -1.20. The molecule has 0 aliphatic heterocycles. The second-order valence-corrected chi connectivity index (χ2v) is 3.33. The highest BCUT2D eigenvalue weighted by atomic mass is 16.7. The highest BCUT2D eigenvalue weighted by Crippen LogP contribution is 2.34. The van der Waals surface area contributed by atoms with E-state index in [1.807, 2.05) is 0 Å². The van der Waals surface area contributed by atoms with Gasteiger partial charge >= 0.3 is 0 Å². The molecule has 1 aromatic rings. The molecular formula is C11H18O5. The zero-order valence-corrected chi connectivity index (χ0v) is 10.3.